The van der Waals surface area contributed by atoms with Gasteiger partial charge in [-0.05, 0) is 30.2 Å². The summed E-state index contributed by atoms with van der Waals surface area (Å²) in [5, 5.41) is 9.38. The van der Waals surface area contributed by atoms with Crippen LogP contribution in [-0.2, 0) is 11.3 Å². The largest absolute Gasteiger partial charge is 0.445 e. The summed E-state index contributed by atoms with van der Waals surface area (Å²) in [5.41, 5.74) is 1.27. The number of hydrogen-bond donors (Lipinski definition) is 1. The van der Waals surface area contributed by atoms with E-state index in [0.29, 0.717) is 12.0 Å². The van der Waals surface area contributed by atoms with Crippen molar-refractivity contribution in [2.45, 2.75) is 31.9 Å². The minimum Gasteiger partial charge on any atom is -0.445 e. The lowest BCUT2D eigenvalue weighted by molar-refractivity contribution is 0.0789. The number of carbonyl (C=O) groups is 1. The number of benzene rings is 1. The van der Waals surface area contributed by atoms with Crippen LogP contribution in [0.2, 0.25) is 0 Å². The highest BCUT2D eigenvalue weighted by atomic mass is 16.6. The molecule has 1 aliphatic carbocycles. The van der Waals surface area contributed by atoms with E-state index in [4.69, 9.17) is 4.74 Å². The fourth-order valence-electron chi connectivity index (χ4n) is 2.88. The zero-order valence-corrected chi connectivity index (χ0v) is 10.9. The Morgan fingerprint density at radius 2 is 2.11 bits per heavy atom. The minimum absolute atomic E-state index is 0.0299. The van der Waals surface area contributed by atoms with Crippen molar-refractivity contribution in [3.63, 3.8) is 0 Å². The molecule has 0 radical (unpaired) electrons. The Labute approximate surface area is 113 Å². The first-order valence-electron chi connectivity index (χ1n) is 6.81. The van der Waals surface area contributed by atoms with E-state index in [1.54, 1.807) is 4.90 Å². The summed E-state index contributed by atoms with van der Waals surface area (Å²) >= 11 is 0. The highest BCUT2D eigenvalue weighted by molar-refractivity contribution is 5.69. The monoisotopic (exact) mass is 261 g/mol. The van der Waals surface area contributed by atoms with Crippen molar-refractivity contribution in [1.29, 1.82) is 0 Å². The standard InChI is InChI=1S/C15H19NO3/c17-9-13-8-15(6-7-15)11-16(13)14(18)19-10-12-4-2-1-3-5-12/h1-5,13,17H,6-11H2/t13-/m0/s1. The highest BCUT2D eigenvalue weighted by Crippen LogP contribution is 2.54. The van der Waals surface area contributed by atoms with Gasteiger partial charge in [0, 0.05) is 6.54 Å². The average Bonchev–Trinajstić information content (AvgIpc) is 3.09. The number of hydrogen-bond acceptors (Lipinski definition) is 3. The molecule has 1 atom stereocenters. The first-order chi connectivity index (χ1) is 9.22. The van der Waals surface area contributed by atoms with Crippen LogP contribution in [0.3, 0.4) is 0 Å². The maximum atomic E-state index is 12.1. The zero-order valence-electron chi connectivity index (χ0n) is 10.9. The van der Waals surface area contributed by atoms with Gasteiger partial charge in [0.15, 0.2) is 0 Å². The maximum absolute atomic E-state index is 12.1. The molecule has 1 amide bonds. The Kier molecular flexibility index (Phi) is 3.19. The molecule has 1 aliphatic heterocycles. The molecule has 1 aromatic carbocycles. The first-order valence-corrected chi connectivity index (χ1v) is 6.81. The molecule has 0 unspecified atom stereocenters. The fraction of sp³-hybridized carbons (Fsp3) is 0.533. The molecule has 3 rings (SSSR count). The Morgan fingerprint density at radius 3 is 2.74 bits per heavy atom. The summed E-state index contributed by atoms with van der Waals surface area (Å²) in [7, 11) is 0. The van der Waals surface area contributed by atoms with Crippen molar-refractivity contribution in [3.05, 3.63) is 35.9 Å². The summed E-state index contributed by atoms with van der Waals surface area (Å²) < 4.78 is 5.34. The maximum Gasteiger partial charge on any atom is 0.410 e. The molecule has 4 heteroatoms. The summed E-state index contributed by atoms with van der Waals surface area (Å²) in [6.07, 6.45) is 2.97. The van der Waals surface area contributed by atoms with E-state index >= 15 is 0 Å². The Balaban J connectivity index is 1.58. The Morgan fingerprint density at radius 1 is 1.37 bits per heavy atom. The molecule has 1 spiro atoms. The van der Waals surface area contributed by atoms with Gasteiger partial charge in [0.05, 0.1) is 12.6 Å². The van der Waals surface area contributed by atoms with E-state index < -0.39 is 0 Å². The van der Waals surface area contributed by atoms with Gasteiger partial charge in [-0.25, -0.2) is 4.79 Å². The molecule has 102 valence electrons. The van der Waals surface area contributed by atoms with Crippen molar-refractivity contribution >= 4 is 6.09 Å². The van der Waals surface area contributed by atoms with Crippen molar-refractivity contribution in [1.82, 2.24) is 4.90 Å². The number of carbonyl (C=O) groups excluding carboxylic acids is 1. The molecular weight excluding hydrogens is 242 g/mol. The Bertz CT molecular complexity index is 456. The van der Waals surface area contributed by atoms with Crippen LogP contribution in [0.25, 0.3) is 0 Å². The molecule has 1 saturated heterocycles. The molecule has 0 bridgehead atoms. The molecule has 4 nitrogen and oxygen atoms in total. The molecule has 0 aromatic heterocycles. The van der Waals surface area contributed by atoms with Crippen LogP contribution in [0, 0.1) is 5.41 Å². The molecule has 1 heterocycles. The molecule has 1 saturated carbocycles. The number of nitrogens with zero attached hydrogens (tertiary/aromatic N) is 1. The van der Waals surface area contributed by atoms with Crippen LogP contribution in [0.15, 0.2) is 30.3 Å². The molecule has 2 fully saturated rings. The third-order valence-corrected chi connectivity index (χ3v) is 4.22. The summed E-state index contributed by atoms with van der Waals surface area (Å²) in [6, 6.07) is 9.59. The SMILES string of the molecule is O=C(OCc1ccccc1)N1CC2(CC2)C[C@H]1CO. The number of aliphatic hydroxyl groups excluding tert-OH is 1. The van der Waals surface area contributed by atoms with Crippen molar-refractivity contribution in [2.24, 2.45) is 5.41 Å². The van der Waals surface area contributed by atoms with Crippen molar-refractivity contribution < 1.29 is 14.6 Å². The third-order valence-electron chi connectivity index (χ3n) is 4.22. The van der Waals surface area contributed by atoms with E-state index in [0.717, 1.165) is 18.5 Å². The normalized spacial score (nSPS) is 23.6. The molecule has 19 heavy (non-hydrogen) atoms. The third kappa shape index (κ3) is 2.59. The summed E-state index contributed by atoms with van der Waals surface area (Å²) in [4.78, 5) is 13.8. The smallest absolute Gasteiger partial charge is 0.410 e. The van der Waals surface area contributed by atoms with Gasteiger partial charge in [-0.2, -0.15) is 0 Å². The average molecular weight is 261 g/mol. The molecule has 2 aliphatic rings. The summed E-state index contributed by atoms with van der Waals surface area (Å²) in [5.74, 6) is 0. The molecular formula is C15H19NO3. The van der Waals surface area contributed by atoms with Crippen LogP contribution in [-0.4, -0.2) is 35.3 Å². The van der Waals surface area contributed by atoms with Crippen LogP contribution in [0.5, 0.6) is 0 Å². The highest BCUT2D eigenvalue weighted by Gasteiger charge is 2.53. The lowest BCUT2D eigenvalue weighted by Gasteiger charge is -2.22. The fourth-order valence-corrected chi connectivity index (χ4v) is 2.88. The van der Waals surface area contributed by atoms with Gasteiger partial charge in [0.25, 0.3) is 0 Å². The van der Waals surface area contributed by atoms with Crippen molar-refractivity contribution in [2.75, 3.05) is 13.2 Å². The first kappa shape index (κ1) is 12.5. The second kappa shape index (κ2) is 4.85. The Hall–Kier alpha value is -1.55. The number of aliphatic hydroxyl groups is 1. The van der Waals surface area contributed by atoms with Crippen LogP contribution in [0.4, 0.5) is 4.79 Å². The molecule has 1 N–H and O–H groups in total. The van der Waals surface area contributed by atoms with Crippen LogP contribution in [0.1, 0.15) is 24.8 Å². The predicted octanol–water partition coefficient (Wildman–Crippen LogP) is 2.17. The van der Waals surface area contributed by atoms with Gasteiger partial charge in [0.2, 0.25) is 0 Å². The lowest BCUT2D eigenvalue weighted by Crippen LogP contribution is -2.38. The van der Waals surface area contributed by atoms with E-state index in [1.807, 2.05) is 30.3 Å². The summed E-state index contributed by atoms with van der Waals surface area (Å²) in [6.45, 7) is 1.06. The van der Waals surface area contributed by atoms with Gasteiger partial charge in [-0.3, -0.25) is 0 Å². The van der Waals surface area contributed by atoms with Crippen LogP contribution < -0.4 is 0 Å². The van der Waals surface area contributed by atoms with E-state index in [-0.39, 0.29) is 18.7 Å². The van der Waals surface area contributed by atoms with Crippen molar-refractivity contribution in [3.8, 4) is 0 Å². The number of amides is 1. The van der Waals surface area contributed by atoms with E-state index in [2.05, 4.69) is 0 Å². The second-order valence-corrected chi connectivity index (χ2v) is 5.71. The number of rotatable bonds is 3. The topological polar surface area (TPSA) is 49.8 Å². The zero-order chi connectivity index (χ0) is 13.3. The van der Waals surface area contributed by atoms with Gasteiger partial charge in [-0.15, -0.1) is 0 Å². The second-order valence-electron chi connectivity index (χ2n) is 5.71. The van der Waals surface area contributed by atoms with Gasteiger partial charge < -0.3 is 14.7 Å². The van der Waals surface area contributed by atoms with Gasteiger partial charge >= 0.3 is 6.09 Å². The van der Waals surface area contributed by atoms with Crippen LogP contribution >= 0.6 is 0 Å². The van der Waals surface area contributed by atoms with E-state index in [9.17, 15) is 9.90 Å². The number of likely N-dealkylation sites (tertiary alicyclic amines) is 1. The quantitative estimate of drug-likeness (QED) is 0.907. The molecule has 1 aromatic rings. The van der Waals surface area contributed by atoms with Gasteiger partial charge in [0.1, 0.15) is 6.61 Å². The predicted molar refractivity (Wildman–Crippen MR) is 70.5 cm³/mol. The lowest BCUT2D eigenvalue weighted by atomic mass is 10.0. The number of ether oxygens (including phenoxy) is 1. The minimum atomic E-state index is -0.299. The van der Waals surface area contributed by atoms with E-state index in [1.165, 1.54) is 12.8 Å². The van der Waals surface area contributed by atoms with Gasteiger partial charge in [-0.1, -0.05) is 30.3 Å².